The molecule has 3 aromatic rings. The van der Waals surface area contributed by atoms with Crippen LogP contribution in [-0.4, -0.2) is 26.8 Å². The van der Waals surface area contributed by atoms with Crippen molar-refractivity contribution in [2.45, 2.75) is 48.5 Å². The molecule has 0 fully saturated rings. The van der Waals surface area contributed by atoms with E-state index in [1.807, 2.05) is 28.9 Å². The van der Waals surface area contributed by atoms with Gasteiger partial charge >= 0.3 is 0 Å². The number of thioether (sulfide) groups is 2. The maximum absolute atomic E-state index is 13.3. The minimum absolute atomic E-state index is 0.0833. The van der Waals surface area contributed by atoms with E-state index < -0.39 is 0 Å². The Bertz CT molecular complexity index is 1250. The van der Waals surface area contributed by atoms with Gasteiger partial charge in [0.15, 0.2) is 5.78 Å². The predicted molar refractivity (Wildman–Crippen MR) is 136 cm³/mol. The number of carbonyl (C=O) groups excluding carboxylic acids is 1. The Morgan fingerprint density at radius 1 is 1.15 bits per heavy atom. The van der Waals surface area contributed by atoms with Gasteiger partial charge in [0.05, 0.1) is 0 Å². The summed E-state index contributed by atoms with van der Waals surface area (Å²) in [6, 6.07) is 15.9. The van der Waals surface area contributed by atoms with Gasteiger partial charge in [-0.2, -0.15) is 4.98 Å². The molecule has 1 aliphatic heterocycles. The highest BCUT2D eigenvalue weighted by Gasteiger charge is 2.41. The summed E-state index contributed by atoms with van der Waals surface area (Å²) < 4.78 is 1.87. The number of benzene rings is 2. The molecule has 2 aromatic carbocycles. The van der Waals surface area contributed by atoms with Crippen molar-refractivity contribution in [1.82, 2.24) is 14.8 Å². The van der Waals surface area contributed by atoms with E-state index in [2.05, 4.69) is 49.7 Å². The van der Waals surface area contributed by atoms with E-state index in [4.69, 9.17) is 21.7 Å². The Morgan fingerprint density at radius 3 is 2.64 bits per heavy atom. The molecule has 5 nitrogen and oxygen atoms in total. The minimum atomic E-state index is -0.280. The lowest BCUT2D eigenvalue weighted by Gasteiger charge is -2.38. The highest BCUT2D eigenvalue weighted by Crippen LogP contribution is 2.46. The second-order valence-corrected chi connectivity index (χ2v) is 11.4. The molecule has 8 heteroatoms. The molecule has 1 unspecified atom stereocenters. The van der Waals surface area contributed by atoms with E-state index in [0.29, 0.717) is 23.3 Å². The van der Waals surface area contributed by atoms with Gasteiger partial charge in [0.25, 0.3) is 0 Å². The zero-order valence-electron chi connectivity index (χ0n) is 18.8. The number of allylic oxidation sites excluding steroid dienone is 2. The van der Waals surface area contributed by atoms with Crippen molar-refractivity contribution in [1.29, 1.82) is 0 Å². The normalized spacial score (nSPS) is 19.2. The first-order valence-electron chi connectivity index (χ1n) is 10.8. The average molecular weight is 497 g/mol. The van der Waals surface area contributed by atoms with E-state index in [9.17, 15) is 4.79 Å². The van der Waals surface area contributed by atoms with Crippen LogP contribution in [0.5, 0.6) is 0 Å². The first kappa shape index (κ1) is 22.6. The lowest BCUT2D eigenvalue weighted by molar-refractivity contribution is -0.118. The van der Waals surface area contributed by atoms with Crippen LogP contribution < -0.4 is 5.32 Å². The second kappa shape index (κ2) is 8.85. The summed E-state index contributed by atoms with van der Waals surface area (Å²) in [5.74, 6) is 1.54. The highest BCUT2D eigenvalue weighted by molar-refractivity contribution is 7.98. The molecule has 2 heterocycles. The maximum Gasteiger partial charge on any atom is 0.227 e. The average Bonchev–Trinajstić information content (AvgIpc) is 3.19. The topological polar surface area (TPSA) is 59.8 Å². The lowest BCUT2D eigenvalue weighted by Crippen LogP contribution is -2.36. The molecule has 0 bridgehead atoms. The largest absolute Gasteiger partial charge is 0.328 e. The molecule has 170 valence electrons. The number of halogens is 1. The van der Waals surface area contributed by atoms with E-state index in [0.717, 1.165) is 33.8 Å². The number of rotatable bonds is 5. The van der Waals surface area contributed by atoms with Gasteiger partial charge in [-0.3, -0.25) is 4.79 Å². The van der Waals surface area contributed by atoms with Crippen LogP contribution in [-0.2, 0) is 10.5 Å². The molecule has 1 N–H and O–H groups in total. The summed E-state index contributed by atoms with van der Waals surface area (Å²) in [4.78, 5) is 19.3. The molecule has 5 rings (SSSR count). The Kier molecular flexibility index (Phi) is 6.05. The van der Waals surface area contributed by atoms with E-state index >= 15 is 0 Å². The number of ketones is 1. The van der Waals surface area contributed by atoms with Crippen LogP contribution in [0.15, 0.2) is 69.9 Å². The predicted octanol–water partition coefficient (Wildman–Crippen LogP) is 6.60. The summed E-state index contributed by atoms with van der Waals surface area (Å²) in [5.41, 5.74) is 3.79. The first-order chi connectivity index (χ1) is 15.8. The summed E-state index contributed by atoms with van der Waals surface area (Å²) in [5, 5.41) is 9.67. The molecule has 2 aliphatic rings. The SMILES string of the molecule is CSc1ccc(C2C3=C(CC(C)(C)CC3=O)Nc3nc(SCc4ccccc4Cl)nn32)cc1. The van der Waals surface area contributed by atoms with Crippen LogP contribution in [0.1, 0.15) is 43.9 Å². The monoisotopic (exact) mass is 496 g/mol. The Balaban J connectivity index is 1.53. The zero-order valence-corrected chi connectivity index (χ0v) is 21.2. The fourth-order valence-electron chi connectivity index (χ4n) is 4.50. The van der Waals surface area contributed by atoms with Gasteiger partial charge in [-0.1, -0.05) is 67.5 Å². The molecule has 0 radical (unpaired) electrons. The summed E-state index contributed by atoms with van der Waals surface area (Å²) in [6.45, 7) is 4.28. The van der Waals surface area contributed by atoms with Crippen LogP contribution in [0.2, 0.25) is 5.02 Å². The van der Waals surface area contributed by atoms with Gasteiger partial charge < -0.3 is 5.32 Å². The van der Waals surface area contributed by atoms with Gasteiger partial charge in [0.1, 0.15) is 6.04 Å². The van der Waals surface area contributed by atoms with Crippen molar-refractivity contribution in [3.63, 3.8) is 0 Å². The van der Waals surface area contributed by atoms with Crippen molar-refractivity contribution >= 4 is 46.9 Å². The number of carbonyl (C=O) groups is 1. The molecule has 1 atom stereocenters. The Morgan fingerprint density at radius 2 is 1.91 bits per heavy atom. The molecule has 0 amide bonds. The van der Waals surface area contributed by atoms with Crippen LogP contribution in [0.4, 0.5) is 5.95 Å². The van der Waals surface area contributed by atoms with Gasteiger partial charge in [-0.15, -0.1) is 16.9 Å². The van der Waals surface area contributed by atoms with E-state index in [1.54, 1.807) is 23.5 Å². The van der Waals surface area contributed by atoms with Gasteiger partial charge in [-0.05, 0) is 47.4 Å². The first-order valence-corrected chi connectivity index (χ1v) is 13.4. The van der Waals surface area contributed by atoms with E-state index in [-0.39, 0.29) is 17.2 Å². The second-order valence-electron chi connectivity index (χ2n) is 9.18. The quantitative estimate of drug-likeness (QED) is 0.401. The number of anilines is 1. The standard InChI is InChI=1S/C25H25ClN4OS2/c1-25(2)12-19-21(20(31)13-25)22(15-8-10-17(32-3)11-9-15)30-23(27-19)28-24(29-30)33-14-16-6-4-5-7-18(16)26/h4-11,22H,12-14H2,1-3H3,(H,27,28,29). The zero-order chi connectivity index (χ0) is 23.2. The third kappa shape index (κ3) is 4.46. The van der Waals surface area contributed by atoms with Gasteiger partial charge in [-0.25, -0.2) is 4.68 Å². The molecule has 33 heavy (non-hydrogen) atoms. The summed E-state index contributed by atoms with van der Waals surface area (Å²) in [6.07, 6.45) is 3.40. The Labute approximate surface area is 207 Å². The number of hydrogen-bond donors (Lipinski definition) is 1. The third-order valence-electron chi connectivity index (χ3n) is 6.06. The molecule has 0 saturated heterocycles. The van der Waals surface area contributed by atoms with Gasteiger partial charge in [0, 0.05) is 33.4 Å². The molecule has 1 aromatic heterocycles. The van der Waals surface area contributed by atoms with Crippen LogP contribution in [0.3, 0.4) is 0 Å². The molecular weight excluding hydrogens is 472 g/mol. The van der Waals surface area contributed by atoms with E-state index in [1.165, 1.54) is 4.90 Å². The molecule has 0 spiro atoms. The molecule has 1 aliphatic carbocycles. The lowest BCUT2D eigenvalue weighted by atomic mass is 9.73. The van der Waals surface area contributed by atoms with Crippen molar-refractivity contribution < 1.29 is 4.79 Å². The Hall–Kier alpha value is -2.22. The number of nitrogens with one attached hydrogen (secondary N) is 1. The number of Topliss-reactive ketones (excluding diaryl/α,β-unsaturated/α-hetero) is 1. The third-order valence-corrected chi connectivity index (χ3v) is 8.06. The van der Waals surface area contributed by atoms with Crippen molar-refractivity contribution in [2.24, 2.45) is 5.41 Å². The van der Waals surface area contributed by atoms with Crippen molar-refractivity contribution in [3.8, 4) is 0 Å². The maximum atomic E-state index is 13.3. The van der Waals surface area contributed by atoms with Crippen molar-refractivity contribution in [2.75, 3.05) is 11.6 Å². The summed E-state index contributed by atoms with van der Waals surface area (Å²) in [7, 11) is 0. The summed E-state index contributed by atoms with van der Waals surface area (Å²) >= 11 is 9.57. The van der Waals surface area contributed by atoms with Crippen LogP contribution in [0.25, 0.3) is 0 Å². The number of hydrogen-bond acceptors (Lipinski definition) is 6. The highest BCUT2D eigenvalue weighted by atomic mass is 35.5. The number of nitrogens with zero attached hydrogens (tertiary/aromatic N) is 3. The van der Waals surface area contributed by atoms with Crippen LogP contribution >= 0.6 is 35.1 Å². The van der Waals surface area contributed by atoms with Crippen molar-refractivity contribution in [3.05, 3.63) is 76.0 Å². The van der Waals surface area contributed by atoms with Crippen LogP contribution in [0, 0.1) is 5.41 Å². The number of fused-ring (bicyclic) bond motifs is 1. The fourth-order valence-corrected chi connectivity index (χ4v) is 6.03. The number of aromatic nitrogens is 3. The molecular formula is C25H25ClN4OS2. The van der Waals surface area contributed by atoms with Gasteiger partial charge in [0.2, 0.25) is 11.1 Å². The smallest absolute Gasteiger partial charge is 0.227 e. The minimum Gasteiger partial charge on any atom is -0.328 e. The fraction of sp³-hybridized carbons (Fsp3) is 0.320. The molecule has 0 saturated carbocycles.